The van der Waals surface area contributed by atoms with Crippen molar-refractivity contribution in [2.75, 3.05) is 0 Å². The highest BCUT2D eigenvalue weighted by Gasteiger charge is 2.31. The first-order chi connectivity index (χ1) is 11.1. The largest absolute Gasteiger partial charge is 0.506 e. The highest BCUT2D eigenvalue weighted by Crippen LogP contribution is 2.34. The van der Waals surface area contributed by atoms with Gasteiger partial charge in [0.25, 0.3) is 0 Å². The zero-order valence-corrected chi connectivity index (χ0v) is 13.6. The number of aromatic hydroxyl groups is 1. The normalized spacial score (nSPS) is 14.5. The average Bonchev–Trinajstić information content (AvgIpc) is 2.89. The van der Waals surface area contributed by atoms with Crippen molar-refractivity contribution in [3.05, 3.63) is 52.5 Å². The molecule has 23 heavy (non-hydrogen) atoms. The number of para-hydroxylation sites is 3. The molecule has 2 aromatic carbocycles. The monoisotopic (exact) mass is 373 g/mol. The molecule has 0 unspecified atom stereocenters. The van der Waals surface area contributed by atoms with Crippen molar-refractivity contribution in [2.24, 2.45) is 10.8 Å². The third kappa shape index (κ3) is 3.01. The van der Waals surface area contributed by atoms with Crippen LogP contribution in [0.4, 0.5) is 11.4 Å². The van der Waals surface area contributed by atoms with Gasteiger partial charge in [0.2, 0.25) is 11.6 Å². The summed E-state index contributed by atoms with van der Waals surface area (Å²) in [5.41, 5.74) is 4.32. The van der Waals surface area contributed by atoms with Crippen LogP contribution in [-0.2, 0) is 4.79 Å². The van der Waals surface area contributed by atoms with E-state index in [0.29, 0.717) is 15.9 Å². The summed E-state index contributed by atoms with van der Waals surface area (Å²) in [6.07, 6.45) is 1.78. The zero-order valence-electron chi connectivity index (χ0n) is 12.0. The van der Waals surface area contributed by atoms with Crippen molar-refractivity contribution in [1.29, 1.82) is 0 Å². The maximum absolute atomic E-state index is 11.6. The van der Waals surface area contributed by atoms with Gasteiger partial charge in [0.15, 0.2) is 5.69 Å². The molecule has 0 spiro atoms. The summed E-state index contributed by atoms with van der Waals surface area (Å²) < 4.78 is 2.38. The van der Waals surface area contributed by atoms with Crippen LogP contribution in [-0.4, -0.2) is 27.6 Å². The summed E-state index contributed by atoms with van der Waals surface area (Å²) in [4.78, 5) is 16.1. The lowest BCUT2D eigenvalue weighted by Crippen LogP contribution is -2.33. The number of phenolic OH excluding ortho intramolecular Hbond substituents is 1. The highest BCUT2D eigenvalue weighted by atomic mass is 79.9. The summed E-state index contributed by atoms with van der Waals surface area (Å²) in [5, 5.41) is 10.2. The molecular formula is C16H14BrN4O2+. The van der Waals surface area contributed by atoms with E-state index in [-0.39, 0.29) is 18.1 Å². The van der Waals surface area contributed by atoms with E-state index in [2.05, 4.69) is 26.3 Å². The van der Waals surface area contributed by atoms with Crippen molar-refractivity contribution in [1.82, 2.24) is 5.43 Å². The topological polar surface area (TPSA) is 90.7 Å². The van der Waals surface area contributed by atoms with E-state index >= 15 is 0 Å². The summed E-state index contributed by atoms with van der Waals surface area (Å²) in [5.74, 6) is 5.49. The number of hydrogen-bond donors (Lipinski definition) is 3. The molecule has 4 N–H and O–H groups in total. The van der Waals surface area contributed by atoms with E-state index in [9.17, 15) is 9.90 Å². The van der Waals surface area contributed by atoms with Gasteiger partial charge in [-0.3, -0.25) is 10.2 Å². The third-order valence-corrected chi connectivity index (χ3v) is 4.07. The summed E-state index contributed by atoms with van der Waals surface area (Å²) in [7, 11) is 0. The van der Waals surface area contributed by atoms with Crippen LogP contribution in [0.25, 0.3) is 0 Å². The first-order valence-electron chi connectivity index (χ1n) is 6.88. The number of hydrazine groups is 1. The average molecular weight is 374 g/mol. The number of nitrogens with zero attached hydrogens (tertiary/aromatic N) is 2. The van der Waals surface area contributed by atoms with Crippen LogP contribution in [0.5, 0.6) is 5.75 Å². The second-order valence-corrected chi connectivity index (χ2v) is 5.79. The molecule has 0 aliphatic carbocycles. The highest BCUT2D eigenvalue weighted by molar-refractivity contribution is 9.10. The maximum Gasteiger partial charge on any atom is 0.314 e. The molecule has 1 amide bonds. The lowest BCUT2D eigenvalue weighted by molar-refractivity contribution is -0.296. The number of nitrogens with two attached hydrogens (primary N) is 1. The second kappa shape index (κ2) is 6.31. The molecular weight excluding hydrogens is 360 g/mol. The number of hydrogen-bond acceptors (Lipinski definition) is 4. The van der Waals surface area contributed by atoms with E-state index < -0.39 is 0 Å². The molecule has 0 saturated heterocycles. The van der Waals surface area contributed by atoms with Crippen LogP contribution in [0.2, 0.25) is 0 Å². The first kappa shape index (κ1) is 15.4. The van der Waals surface area contributed by atoms with Crippen LogP contribution in [0.15, 0.2) is 51.9 Å². The Bertz CT molecular complexity index is 846. The van der Waals surface area contributed by atoms with Crippen LogP contribution in [0, 0.1) is 0 Å². The number of aliphatic imine (C=N–C) groups is 1. The van der Waals surface area contributed by atoms with Crippen molar-refractivity contribution in [2.45, 2.75) is 6.42 Å². The molecule has 0 aromatic heterocycles. The van der Waals surface area contributed by atoms with Gasteiger partial charge in [-0.1, -0.05) is 18.2 Å². The van der Waals surface area contributed by atoms with E-state index in [0.717, 1.165) is 11.4 Å². The van der Waals surface area contributed by atoms with Gasteiger partial charge in [0, 0.05) is 0 Å². The molecule has 1 aliphatic rings. The van der Waals surface area contributed by atoms with Crippen molar-refractivity contribution >= 4 is 45.3 Å². The van der Waals surface area contributed by atoms with E-state index in [1.54, 1.807) is 22.9 Å². The van der Waals surface area contributed by atoms with Gasteiger partial charge in [-0.05, 0) is 45.2 Å². The van der Waals surface area contributed by atoms with E-state index in [1.807, 2.05) is 30.3 Å². The second-order valence-electron chi connectivity index (χ2n) is 4.94. The van der Waals surface area contributed by atoms with Crippen LogP contribution < -0.4 is 11.3 Å². The van der Waals surface area contributed by atoms with Crippen molar-refractivity contribution < 1.29 is 14.5 Å². The predicted octanol–water partition coefficient (Wildman–Crippen LogP) is 2.34. The maximum atomic E-state index is 11.6. The number of halogens is 1. The standard InChI is InChI=1S/C16H13BrN4O2/c17-11-5-3-4-10(16(11)23)9-21-13-7-2-1-6-12(13)19-14(21)8-15(22)20-18/h1-7,9H,8,18H2,(H,20,22)/p+1. The third-order valence-electron chi connectivity index (χ3n) is 3.43. The summed E-state index contributed by atoms with van der Waals surface area (Å²) in [6.45, 7) is 0. The molecule has 116 valence electrons. The minimum atomic E-state index is -0.339. The van der Waals surface area contributed by atoms with Crippen LogP contribution in [0.1, 0.15) is 12.0 Å². The lowest BCUT2D eigenvalue weighted by atomic mass is 10.2. The van der Waals surface area contributed by atoms with Crippen LogP contribution >= 0.6 is 15.9 Å². The molecule has 3 rings (SSSR count). The molecule has 6 nitrogen and oxygen atoms in total. The molecule has 0 saturated carbocycles. The van der Waals surface area contributed by atoms with Gasteiger partial charge < -0.3 is 5.11 Å². The molecule has 0 atom stereocenters. The quantitative estimate of drug-likeness (QED) is 0.333. The predicted molar refractivity (Wildman–Crippen MR) is 91.4 cm³/mol. The Hall–Kier alpha value is -2.51. The Balaban J connectivity index is 2.10. The fourth-order valence-corrected chi connectivity index (χ4v) is 2.71. The van der Waals surface area contributed by atoms with Crippen molar-refractivity contribution in [3.63, 3.8) is 0 Å². The number of carbonyl (C=O) groups excluding carboxylic acids is 1. The van der Waals surface area contributed by atoms with Gasteiger partial charge >= 0.3 is 5.84 Å². The Morgan fingerprint density at radius 3 is 2.87 bits per heavy atom. The lowest BCUT2D eigenvalue weighted by Gasteiger charge is -2.04. The molecule has 0 fully saturated rings. The fraction of sp³-hybridized carbons (Fsp3) is 0.0625. The van der Waals surface area contributed by atoms with Crippen molar-refractivity contribution in [3.8, 4) is 5.75 Å². The van der Waals surface area contributed by atoms with Gasteiger partial charge in [-0.15, -0.1) is 0 Å². The Kier molecular flexibility index (Phi) is 4.22. The van der Waals surface area contributed by atoms with Crippen LogP contribution in [0.3, 0.4) is 0 Å². The number of fused-ring (bicyclic) bond motifs is 1. The fourth-order valence-electron chi connectivity index (χ4n) is 2.33. The molecule has 7 heteroatoms. The minimum absolute atomic E-state index is 0.0381. The number of amides is 1. The molecule has 0 radical (unpaired) electrons. The Labute approximate surface area is 141 Å². The molecule has 0 bridgehead atoms. The number of nitrogens with one attached hydrogen (secondary N) is 1. The zero-order chi connectivity index (χ0) is 16.4. The van der Waals surface area contributed by atoms with Gasteiger partial charge in [0.1, 0.15) is 18.4 Å². The summed E-state index contributed by atoms with van der Waals surface area (Å²) in [6, 6.07) is 12.9. The molecule has 2 aromatic rings. The first-order valence-corrected chi connectivity index (χ1v) is 7.67. The number of amidine groups is 1. The number of phenols is 1. The number of rotatable bonds is 3. The Morgan fingerprint density at radius 1 is 1.30 bits per heavy atom. The molecule has 1 heterocycles. The van der Waals surface area contributed by atoms with Gasteiger partial charge in [-0.25, -0.2) is 5.84 Å². The number of benzene rings is 2. The molecule has 1 aliphatic heterocycles. The number of carbonyl (C=O) groups is 1. The Morgan fingerprint density at radius 2 is 2.09 bits per heavy atom. The van der Waals surface area contributed by atoms with E-state index in [1.165, 1.54) is 0 Å². The smallest absolute Gasteiger partial charge is 0.314 e. The SMILES string of the molecule is NNC(=O)CC1=Nc2ccccc2[N+]1=Cc1cccc(Br)c1O. The van der Waals surface area contributed by atoms with Gasteiger partial charge in [-0.2, -0.15) is 4.58 Å². The summed E-state index contributed by atoms with van der Waals surface area (Å²) >= 11 is 3.29. The van der Waals surface area contributed by atoms with E-state index in [4.69, 9.17) is 5.84 Å². The van der Waals surface area contributed by atoms with Gasteiger partial charge in [0.05, 0.1) is 10.0 Å². The minimum Gasteiger partial charge on any atom is -0.506 e.